The summed E-state index contributed by atoms with van der Waals surface area (Å²) in [5, 5.41) is 7.76. The number of anilines is 1. The Hall–Kier alpha value is -2.82. The lowest BCUT2D eigenvalue weighted by molar-refractivity contribution is -0.126. The highest BCUT2D eigenvalue weighted by atomic mass is 127. The second-order valence-corrected chi connectivity index (χ2v) is 9.90. The van der Waals surface area contributed by atoms with E-state index in [4.69, 9.17) is 32.7 Å². The summed E-state index contributed by atoms with van der Waals surface area (Å²) in [4.78, 5) is 24.3. The highest BCUT2D eigenvalue weighted by Crippen LogP contribution is 2.35. The number of ether oxygens (including phenoxy) is 2. The van der Waals surface area contributed by atoms with Crippen molar-refractivity contribution in [3.05, 3.63) is 84.4 Å². The normalized spacial score (nSPS) is 10.8. The summed E-state index contributed by atoms with van der Waals surface area (Å²) in [7, 11) is 1.53. The number of rotatable bonds is 9. The van der Waals surface area contributed by atoms with Gasteiger partial charge in [-0.3, -0.25) is 9.59 Å². The molecule has 0 radical (unpaired) electrons. The van der Waals surface area contributed by atoms with Crippen molar-refractivity contribution in [1.82, 2.24) is 5.43 Å². The lowest BCUT2D eigenvalue weighted by Gasteiger charge is -2.14. The van der Waals surface area contributed by atoms with Crippen LogP contribution in [0.25, 0.3) is 0 Å². The molecule has 188 valence electrons. The summed E-state index contributed by atoms with van der Waals surface area (Å²) in [5.41, 5.74) is 6.52. The molecule has 7 nitrogen and oxygen atoms in total. The SMILES string of the molecule is COc1cc(C=NNC(=O)CC(=O)Nc2ccc(C)cc2C)cc(I)c1OCc1ccc(Cl)cc1Cl. The van der Waals surface area contributed by atoms with Gasteiger partial charge in [0.2, 0.25) is 11.8 Å². The molecule has 0 spiro atoms. The van der Waals surface area contributed by atoms with Gasteiger partial charge in [-0.15, -0.1) is 0 Å². The molecule has 3 rings (SSSR count). The van der Waals surface area contributed by atoms with Crippen LogP contribution >= 0.6 is 45.8 Å². The highest BCUT2D eigenvalue weighted by molar-refractivity contribution is 14.1. The van der Waals surface area contributed by atoms with E-state index >= 15 is 0 Å². The summed E-state index contributed by atoms with van der Waals surface area (Å²) in [6, 6.07) is 14.4. The molecule has 0 unspecified atom stereocenters. The van der Waals surface area contributed by atoms with Crippen molar-refractivity contribution in [1.29, 1.82) is 0 Å². The fourth-order valence-electron chi connectivity index (χ4n) is 3.26. The molecule has 0 saturated carbocycles. The standard InChI is InChI=1S/C26H24Cl2IN3O4/c1-15-4-7-22(16(2)8-15)31-24(33)12-25(34)32-30-13-17-9-21(29)26(23(10-17)35-3)36-14-18-5-6-19(27)11-20(18)28/h4-11,13H,12,14H2,1-3H3,(H,31,33)(H,32,34). The van der Waals surface area contributed by atoms with Gasteiger partial charge in [-0.05, 0) is 77.9 Å². The Morgan fingerprint density at radius 1 is 1.06 bits per heavy atom. The van der Waals surface area contributed by atoms with Gasteiger partial charge in [-0.25, -0.2) is 5.43 Å². The molecule has 3 aromatic carbocycles. The van der Waals surface area contributed by atoms with Crippen LogP contribution in [0.4, 0.5) is 5.69 Å². The number of hydrogen-bond acceptors (Lipinski definition) is 5. The van der Waals surface area contributed by atoms with Crippen molar-refractivity contribution in [2.45, 2.75) is 26.9 Å². The molecule has 0 aliphatic rings. The zero-order chi connectivity index (χ0) is 26.2. The third-order valence-electron chi connectivity index (χ3n) is 5.02. The van der Waals surface area contributed by atoms with Gasteiger partial charge < -0.3 is 14.8 Å². The molecule has 0 aliphatic carbocycles. The van der Waals surface area contributed by atoms with Crippen LogP contribution in [0.15, 0.2) is 53.6 Å². The number of benzene rings is 3. The molecule has 0 atom stereocenters. The average Bonchev–Trinajstić information content (AvgIpc) is 2.81. The predicted octanol–water partition coefficient (Wildman–Crippen LogP) is 6.28. The number of nitrogens with one attached hydrogen (secondary N) is 2. The molecule has 3 aromatic rings. The van der Waals surface area contributed by atoms with Gasteiger partial charge in [-0.2, -0.15) is 5.10 Å². The molecule has 2 N–H and O–H groups in total. The first-order valence-corrected chi connectivity index (χ1v) is 12.6. The van der Waals surface area contributed by atoms with Gasteiger partial charge in [0.25, 0.3) is 0 Å². The zero-order valence-corrected chi connectivity index (χ0v) is 23.5. The summed E-state index contributed by atoms with van der Waals surface area (Å²) in [6.07, 6.45) is 1.11. The van der Waals surface area contributed by atoms with Crippen LogP contribution in [0.2, 0.25) is 10.0 Å². The number of nitrogens with zero attached hydrogens (tertiary/aromatic N) is 1. The van der Waals surface area contributed by atoms with E-state index < -0.39 is 11.8 Å². The number of carbonyl (C=O) groups excluding carboxylic acids is 2. The summed E-state index contributed by atoms with van der Waals surface area (Å²) in [5.74, 6) is 0.0871. The molecular formula is C26H24Cl2IN3O4. The van der Waals surface area contributed by atoms with Gasteiger partial charge in [0.1, 0.15) is 13.0 Å². The van der Waals surface area contributed by atoms with E-state index in [-0.39, 0.29) is 13.0 Å². The van der Waals surface area contributed by atoms with E-state index in [0.29, 0.717) is 32.8 Å². The van der Waals surface area contributed by atoms with Crippen LogP contribution < -0.4 is 20.2 Å². The van der Waals surface area contributed by atoms with E-state index in [9.17, 15) is 9.59 Å². The Balaban J connectivity index is 1.58. The second kappa shape index (κ2) is 12.9. The number of methoxy groups -OCH3 is 1. The van der Waals surface area contributed by atoms with Crippen molar-refractivity contribution in [3.63, 3.8) is 0 Å². The van der Waals surface area contributed by atoms with E-state index in [1.165, 1.54) is 13.3 Å². The summed E-state index contributed by atoms with van der Waals surface area (Å²) in [6.45, 7) is 4.10. The lowest BCUT2D eigenvalue weighted by atomic mass is 10.1. The molecule has 10 heteroatoms. The van der Waals surface area contributed by atoms with E-state index in [2.05, 4.69) is 38.4 Å². The minimum Gasteiger partial charge on any atom is -0.493 e. The van der Waals surface area contributed by atoms with Crippen LogP contribution in [-0.2, 0) is 16.2 Å². The Morgan fingerprint density at radius 3 is 2.53 bits per heavy atom. The quantitative estimate of drug-likeness (QED) is 0.125. The van der Waals surface area contributed by atoms with Gasteiger partial charge in [0.05, 0.1) is 16.9 Å². The smallest absolute Gasteiger partial charge is 0.249 e. The molecule has 0 aliphatic heterocycles. The number of halogens is 3. The van der Waals surface area contributed by atoms with E-state index in [1.807, 2.05) is 38.1 Å². The Bertz CT molecular complexity index is 1310. The molecule has 0 saturated heterocycles. The zero-order valence-electron chi connectivity index (χ0n) is 19.8. The maximum absolute atomic E-state index is 12.2. The van der Waals surface area contributed by atoms with Crippen molar-refractivity contribution in [3.8, 4) is 11.5 Å². The van der Waals surface area contributed by atoms with Crippen LogP contribution in [0, 0.1) is 17.4 Å². The van der Waals surface area contributed by atoms with Crippen LogP contribution in [0.5, 0.6) is 11.5 Å². The Morgan fingerprint density at radius 2 is 1.83 bits per heavy atom. The molecule has 2 amide bonds. The molecule has 0 aromatic heterocycles. The number of aryl methyl sites for hydroxylation is 2. The molecule has 0 heterocycles. The van der Waals surface area contributed by atoms with Gasteiger partial charge in [0, 0.05) is 21.3 Å². The largest absolute Gasteiger partial charge is 0.493 e. The third-order valence-corrected chi connectivity index (χ3v) is 6.41. The Labute approximate surface area is 233 Å². The van der Waals surface area contributed by atoms with Crippen LogP contribution in [0.1, 0.15) is 28.7 Å². The van der Waals surface area contributed by atoms with Gasteiger partial charge >= 0.3 is 0 Å². The molecule has 0 fully saturated rings. The minimum absolute atomic E-state index is 0.232. The number of hydrazone groups is 1. The van der Waals surface area contributed by atoms with Crippen molar-refractivity contribution in [2.24, 2.45) is 5.10 Å². The van der Waals surface area contributed by atoms with Gasteiger partial charge in [-0.1, -0.05) is 47.0 Å². The Kier molecular flexibility index (Phi) is 9.98. The first-order valence-electron chi connectivity index (χ1n) is 10.8. The van der Waals surface area contributed by atoms with E-state index in [0.717, 1.165) is 20.3 Å². The summed E-state index contributed by atoms with van der Waals surface area (Å²) < 4.78 is 12.2. The van der Waals surface area contributed by atoms with Crippen molar-refractivity contribution >= 4 is 69.5 Å². The van der Waals surface area contributed by atoms with Crippen LogP contribution in [0.3, 0.4) is 0 Å². The molecular weight excluding hydrogens is 616 g/mol. The van der Waals surface area contributed by atoms with Crippen molar-refractivity contribution < 1.29 is 19.1 Å². The predicted molar refractivity (Wildman–Crippen MR) is 151 cm³/mol. The number of amides is 2. The van der Waals surface area contributed by atoms with Gasteiger partial charge in [0.15, 0.2) is 11.5 Å². The minimum atomic E-state index is -0.532. The van der Waals surface area contributed by atoms with E-state index in [1.54, 1.807) is 24.3 Å². The first kappa shape index (κ1) is 27.8. The van der Waals surface area contributed by atoms with Crippen molar-refractivity contribution in [2.75, 3.05) is 12.4 Å². The topological polar surface area (TPSA) is 89.0 Å². The highest BCUT2D eigenvalue weighted by Gasteiger charge is 2.13. The fourth-order valence-corrected chi connectivity index (χ4v) is 4.50. The third kappa shape index (κ3) is 7.84. The lowest BCUT2D eigenvalue weighted by Crippen LogP contribution is -2.24. The number of carbonyl (C=O) groups is 2. The fraction of sp³-hybridized carbons (Fsp3) is 0.192. The average molecular weight is 640 g/mol. The monoisotopic (exact) mass is 639 g/mol. The molecule has 0 bridgehead atoms. The second-order valence-electron chi connectivity index (χ2n) is 7.90. The van der Waals surface area contributed by atoms with Crippen LogP contribution in [-0.4, -0.2) is 25.1 Å². The summed E-state index contributed by atoms with van der Waals surface area (Å²) >= 11 is 14.3. The first-order chi connectivity index (χ1) is 17.2. The molecule has 36 heavy (non-hydrogen) atoms. The maximum Gasteiger partial charge on any atom is 0.249 e. The number of hydrogen-bond donors (Lipinski definition) is 2. The maximum atomic E-state index is 12.2.